The highest BCUT2D eigenvalue weighted by Crippen LogP contribution is 2.56. The topological polar surface area (TPSA) is 16.4 Å². The zero-order valence-electron chi connectivity index (χ0n) is 27.5. The molecule has 2 aliphatic carbocycles. The normalized spacial score (nSPS) is 18.5. The summed E-state index contributed by atoms with van der Waals surface area (Å²) in [5.41, 5.74) is 12.0. The molecular formula is C47H37NO. The van der Waals surface area contributed by atoms with E-state index in [9.17, 15) is 0 Å². The molecule has 1 aromatic heterocycles. The molecule has 0 amide bonds. The van der Waals surface area contributed by atoms with Crippen molar-refractivity contribution in [3.8, 4) is 22.3 Å². The van der Waals surface area contributed by atoms with Gasteiger partial charge in [0.1, 0.15) is 11.2 Å². The molecular weight excluding hydrogens is 595 g/mol. The Bertz CT molecular complexity index is 2480. The van der Waals surface area contributed by atoms with Crippen molar-refractivity contribution in [2.75, 3.05) is 4.90 Å². The van der Waals surface area contributed by atoms with Crippen molar-refractivity contribution < 1.29 is 4.42 Å². The van der Waals surface area contributed by atoms with E-state index in [0.717, 1.165) is 44.9 Å². The summed E-state index contributed by atoms with van der Waals surface area (Å²) in [6.45, 7) is 0. The number of furan rings is 1. The molecule has 10 rings (SSSR count). The van der Waals surface area contributed by atoms with E-state index in [2.05, 4.69) is 157 Å². The molecule has 0 N–H and O–H groups in total. The quantitative estimate of drug-likeness (QED) is 0.182. The van der Waals surface area contributed by atoms with Gasteiger partial charge in [0.05, 0.1) is 5.69 Å². The Labute approximate surface area is 287 Å². The third-order valence-electron chi connectivity index (χ3n) is 11.5. The predicted molar refractivity (Wildman–Crippen MR) is 205 cm³/mol. The zero-order valence-corrected chi connectivity index (χ0v) is 27.5. The minimum atomic E-state index is 0.371. The minimum Gasteiger partial charge on any atom is -0.456 e. The molecule has 2 fully saturated rings. The van der Waals surface area contributed by atoms with Crippen LogP contribution in [0.1, 0.15) is 37.7 Å². The molecule has 7 aromatic carbocycles. The van der Waals surface area contributed by atoms with Crippen LogP contribution in [0.5, 0.6) is 0 Å². The molecule has 0 aliphatic heterocycles. The van der Waals surface area contributed by atoms with Crippen LogP contribution in [0.4, 0.5) is 17.1 Å². The second-order valence-electron chi connectivity index (χ2n) is 14.2. The zero-order chi connectivity index (χ0) is 32.4. The highest BCUT2D eigenvalue weighted by Gasteiger charge is 2.45. The Balaban J connectivity index is 1.18. The maximum atomic E-state index is 6.44. The number of hydrogen-bond acceptors (Lipinski definition) is 2. The molecule has 2 aliphatic rings. The molecule has 2 heteroatoms. The van der Waals surface area contributed by atoms with Crippen LogP contribution in [0, 0.1) is 5.92 Å². The van der Waals surface area contributed by atoms with Crippen LogP contribution in [-0.4, -0.2) is 0 Å². The van der Waals surface area contributed by atoms with Gasteiger partial charge in [-0.2, -0.15) is 0 Å². The fraction of sp³-hybridized carbons (Fsp3) is 0.149. The fourth-order valence-corrected chi connectivity index (χ4v) is 9.16. The van der Waals surface area contributed by atoms with Gasteiger partial charge >= 0.3 is 0 Å². The SMILES string of the molecule is c1ccc(-c2cccc3cccc(-c4ccccc4N(c4ccc(C56CCC(CC5)C6)cc4)c4ccc5c(c4)oc4ccccc45)c23)cc1. The Morgan fingerprint density at radius 1 is 0.531 bits per heavy atom. The van der Waals surface area contributed by atoms with Crippen LogP contribution < -0.4 is 4.90 Å². The van der Waals surface area contributed by atoms with Crippen LogP contribution >= 0.6 is 0 Å². The third kappa shape index (κ3) is 4.62. The molecule has 2 nitrogen and oxygen atoms in total. The number of anilines is 3. The van der Waals surface area contributed by atoms with Gasteiger partial charge in [0.2, 0.25) is 0 Å². The number of rotatable bonds is 6. The molecule has 0 atom stereocenters. The summed E-state index contributed by atoms with van der Waals surface area (Å²) in [7, 11) is 0. The van der Waals surface area contributed by atoms with Crippen molar-refractivity contribution in [3.63, 3.8) is 0 Å². The van der Waals surface area contributed by atoms with Gasteiger partial charge in [0.25, 0.3) is 0 Å². The van der Waals surface area contributed by atoms with Crippen LogP contribution in [0.15, 0.2) is 162 Å². The monoisotopic (exact) mass is 631 g/mol. The molecule has 8 aromatic rings. The highest BCUT2D eigenvalue weighted by atomic mass is 16.3. The maximum Gasteiger partial charge on any atom is 0.137 e. The molecule has 49 heavy (non-hydrogen) atoms. The molecule has 0 radical (unpaired) electrons. The van der Waals surface area contributed by atoms with E-state index in [1.54, 1.807) is 0 Å². The summed E-state index contributed by atoms with van der Waals surface area (Å²) < 4.78 is 6.44. The molecule has 0 spiro atoms. The summed E-state index contributed by atoms with van der Waals surface area (Å²) in [5.74, 6) is 0.917. The number of fused-ring (bicyclic) bond motifs is 6. The van der Waals surface area contributed by atoms with E-state index in [1.165, 1.54) is 70.7 Å². The van der Waals surface area contributed by atoms with Crippen LogP contribution in [-0.2, 0) is 5.41 Å². The Morgan fingerprint density at radius 3 is 2.00 bits per heavy atom. The lowest BCUT2D eigenvalue weighted by molar-refractivity contribution is 0.419. The molecule has 0 saturated heterocycles. The molecule has 2 saturated carbocycles. The molecule has 0 unspecified atom stereocenters. The first-order chi connectivity index (χ1) is 24.2. The maximum absolute atomic E-state index is 6.44. The first kappa shape index (κ1) is 28.4. The summed E-state index contributed by atoms with van der Waals surface area (Å²) in [5, 5.41) is 4.79. The van der Waals surface area contributed by atoms with Gasteiger partial charge in [-0.1, -0.05) is 115 Å². The van der Waals surface area contributed by atoms with Gasteiger partial charge in [-0.3, -0.25) is 0 Å². The Kier molecular flexibility index (Phi) is 6.52. The van der Waals surface area contributed by atoms with Gasteiger partial charge in [-0.15, -0.1) is 0 Å². The lowest BCUT2D eigenvalue weighted by Gasteiger charge is -2.30. The highest BCUT2D eigenvalue weighted by molar-refractivity contribution is 6.09. The lowest BCUT2D eigenvalue weighted by Crippen LogP contribution is -2.19. The van der Waals surface area contributed by atoms with Crippen molar-refractivity contribution in [1.29, 1.82) is 0 Å². The van der Waals surface area contributed by atoms with Crippen molar-refractivity contribution in [2.24, 2.45) is 5.92 Å². The lowest BCUT2D eigenvalue weighted by atomic mass is 9.78. The van der Waals surface area contributed by atoms with E-state index < -0.39 is 0 Å². The van der Waals surface area contributed by atoms with Crippen LogP contribution in [0.25, 0.3) is 55.0 Å². The Hall–Kier alpha value is -5.60. The van der Waals surface area contributed by atoms with Crippen molar-refractivity contribution in [3.05, 3.63) is 163 Å². The predicted octanol–water partition coefficient (Wildman–Crippen LogP) is 13.4. The molecule has 2 bridgehead atoms. The van der Waals surface area contributed by atoms with Crippen LogP contribution in [0.2, 0.25) is 0 Å². The third-order valence-corrected chi connectivity index (χ3v) is 11.5. The van der Waals surface area contributed by atoms with E-state index in [0.29, 0.717) is 5.41 Å². The summed E-state index contributed by atoms with van der Waals surface area (Å²) in [4.78, 5) is 2.43. The molecule has 236 valence electrons. The van der Waals surface area contributed by atoms with Crippen molar-refractivity contribution >= 4 is 49.8 Å². The van der Waals surface area contributed by atoms with Crippen molar-refractivity contribution in [2.45, 2.75) is 37.5 Å². The molecule has 1 heterocycles. The van der Waals surface area contributed by atoms with Gasteiger partial charge < -0.3 is 9.32 Å². The average Bonchev–Trinajstić information content (AvgIpc) is 3.89. The summed E-state index contributed by atoms with van der Waals surface area (Å²) in [6, 6.07) is 57.6. The van der Waals surface area contributed by atoms with Gasteiger partial charge in [0, 0.05) is 33.8 Å². The minimum absolute atomic E-state index is 0.371. The average molecular weight is 632 g/mol. The second kappa shape index (κ2) is 11.2. The van der Waals surface area contributed by atoms with E-state index >= 15 is 0 Å². The number of nitrogens with zero attached hydrogens (tertiary/aromatic N) is 1. The smallest absolute Gasteiger partial charge is 0.137 e. The number of benzene rings is 7. The Morgan fingerprint density at radius 2 is 1.20 bits per heavy atom. The van der Waals surface area contributed by atoms with E-state index in [1.807, 2.05) is 6.07 Å². The first-order valence-electron chi connectivity index (χ1n) is 17.7. The van der Waals surface area contributed by atoms with Crippen LogP contribution in [0.3, 0.4) is 0 Å². The van der Waals surface area contributed by atoms with E-state index in [-0.39, 0.29) is 0 Å². The largest absolute Gasteiger partial charge is 0.456 e. The van der Waals surface area contributed by atoms with Gasteiger partial charge in [-0.05, 0) is 113 Å². The van der Waals surface area contributed by atoms with E-state index in [4.69, 9.17) is 4.42 Å². The van der Waals surface area contributed by atoms with Gasteiger partial charge in [-0.25, -0.2) is 0 Å². The summed E-state index contributed by atoms with van der Waals surface area (Å²) >= 11 is 0. The summed E-state index contributed by atoms with van der Waals surface area (Å²) in [6.07, 6.45) is 6.78. The number of para-hydroxylation sites is 2. The first-order valence-corrected chi connectivity index (χ1v) is 17.7. The number of hydrogen-bond donors (Lipinski definition) is 0. The van der Waals surface area contributed by atoms with Crippen molar-refractivity contribution in [1.82, 2.24) is 0 Å². The van der Waals surface area contributed by atoms with Gasteiger partial charge in [0.15, 0.2) is 0 Å². The second-order valence-corrected chi connectivity index (χ2v) is 14.2. The standard InChI is InChI=1S/C47H37NO/c1-2-10-33(11-3-1)38-16-8-12-34-13-9-17-42(46(34)38)39-14-4-6-18-43(39)48(36-22-20-35(21-23-36)47-28-26-32(31-47)27-29-47)37-24-25-41-40-15-5-7-19-44(40)49-45(41)30-37/h1-25,30,32H,26-29,31H2. The fourth-order valence-electron chi connectivity index (χ4n) is 9.16.